The fourth-order valence-electron chi connectivity index (χ4n) is 3.73. The molecule has 154 valence electrons. The molecule has 1 aromatic heterocycles. The van der Waals surface area contributed by atoms with E-state index in [9.17, 15) is 9.18 Å². The first-order valence-electron chi connectivity index (χ1n) is 10.4. The van der Waals surface area contributed by atoms with Crippen LogP contribution < -0.4 is 10.2 Å². The minimum Gasteiger partial charge on any atom is -0.356 e. The normalized spacial score (nSPS) is 16.3. The summed E-state index contributed by atoms with van der Waals surface area (Å²) in [5.41, 5.74) is 2.84. The molecule has 5 nitrogen and oxygen atoms in total. The van der Waals surface area contributed by atoms with E-state index in [4.69, 9.17) is 0 Å². The van der Waals surface area contributed by atoms with Crippen LogP contribution in [0, 0.1) is 11.7 Å². The molecule has 1 N–H and O–H groups in total. The molecule has 1 aliphatic heterocycles. The Hall–Kier alpha value is -3.28. The SMILES string of the molecule is CCc1ccc(NC(=O)[C@H]2CCCN(c3ccnc(-c4ccc(F)cc4)n3)C2)cc1. The molecule has 0 saturated carbocycles. The maximum atomic E-state index is 13.2. The summed E-state index contributed by atoms with van der Waals surface area (Å²) in [6.45, 7) is 3.56. The van der Waals surface area contributed by atoms with Crippen LogP contribution in [0.3, 0.4) is 0 Å². The van der Waals surface area contributed by atoms with Gasteiger partial charge in [-0.15, -0.1) is 0 Å². The highest BCUT2D eigenvalue weighted by Crippen LogP contribution is 2.25. The van der Waals surface area contributed by atoms with Crippen molar-refractivity contribution in [2.75, 3.05) is 23.3 Å². The molecule has 0 unspecified atom stereocenters. The van der Waals surface area contributed by atoms with Crippen LogP contribution in [0.15, 0.2) is 60.8 Å². The Kier molecular flexibility index (Phi) is 6.02. The third kappa shape index (κ3) is 4.64. The summed E-state index contributed by atoms with van der Waals surface area (Å²) in [6, 6.07) is 16.0. The number of piperidine rings is 1. The summed E-state index contributed by atoms with van der Waals surface area (Å²) in [5.74, 6) is 0.985. The number of aryl methyl sites for hydroxylation is 1. The van der Waals surface area contributed by atoms with Crippen molar-refractivity contribution in [1.82, 2.24) is 9.97 Å². The van der Waals surface area contributed by atoms with E-state index in [0.717, 1.165) is 42.9 Å². The highest BCUT2D eigenvalue weighted by atomic mass is 19.1. The topological polar surface area (TPSA) is 58.1 Å². The highest BCUT2D eigenvalue weighted by molar-refractivity contribution is 5.93. The Labute approximate surface area is 176 Å². The van der Waals surface area contributed by atoms with Gasteiger partial charge >= 0.3 is 0 Å². The lowest BCUT2D eigenvalue weighted by Gasteiger charge is -2.33. The summed E-state index contributed by atoms with van der Waals surface area (Å²) in [4.78, 5) is 23.9. The van der Waals surface area contributed by atoms with E-state index in [1.807, 2.05) is 30.3 Å². The molecular formula is C24H25FN4O. The zero-order chi connectivity index (χ0) is 20.9. The molecule has 1 amide bonds. The van der Waals surface area contributed by atoms with E-state index in [-0.39, 0.29) is 17.6 Å². The number of hydrogen-bond acceptors (Lipinski definition) is 4. The Balaban J connectivity index is 1.45. The lowest BCUT2D eigenvalue weighted by molar-refractivity contribution is -0.120. The van der Waals surface area contributed by atoms with E-state index in [2.05, 4.69) is 27.1 Å². The average Bonchev–Trinajstić information content (AvgIpc) is 2.80. The number of nitrogens with zero attached hydrogens (tertiary/aromatic N) is 3. The second-order valence-electron chi connectivity index (χ2n) is 7.57. The maximum Gasteiger partial charge on any atom is 0.229 e. The molecule has 2 heterocycles. The highest BCUT2D eigenvalue weighted by Gasteiger charge is 2.27. The van der Waals surface area contributed by atoms with Gasteiger partial charge in [0.2, 0.25) is 5.91 Å². The summed E-state index contributed by atoms with van der Waals surface area (Å²) in [6.07, 6.45) is 4.46. The lowest BCUT2D eigenvalue weighted by atomic mass is 9.97. The number of carbonyl (C=O) groups is 1. The number of aromatic nitrogens is 2. The Morgan fingerprint density at radius 1 is 1.13 bits per heavy atom. The van der Waals surface area contributed by atoms with Crippen LogP contribution in [0.25, 0.3) is 11.4 Å². The van der Waals surface area contributed by atoms with E-state index in [0.29, 0.717) is 12.4 Å². The molecule has 1 aliphatic rings. The van der Waals surface area contributed by atoms with Crippen LogP contribution in [-0.4, -0.2) is 29.0 Å². The number of benzene rings is 2. The minimum atomic E-state index is -0.288. The van der Waals surface area contributed by atoms with Gasteiger partial charge in [0.05, 0.1) is 5.92 Å². The third-order valence-electron chi connectivity index (χ3n) is 5.49. The smallest absolute Gasteiger partial charge is 0.229 e. The van der Waals surface area contributed by atoms with Gasteiger partial charge in [-0.1, -0.05) is 19.1 Å². The van der Waals surface area contributed by atoms with Gasteiger partial charge in [-0.05, 0) is 67.3 Å². The summed E-state index contributed by atoms with van der Waals surface area (Å²) >= 11 is 0. The number of amides is 1. The van der Waals surface area contributed by atoms with Crippen molar-refractivity contribution in [1.29, 1.82) is 0 Å². The standard InChI is InChI=1S/C24H25FN4O/c1-2-17-5-11-21(12-6-17)27-24(30)19-4-3-15-29(16-19)22-13-14-26-23(28-22)18-7-9-20(25)10-8-18/h5-14,19H,2-4,15-16H2,1H3,(H,27,30)/t19-/m0/s1. The molecule has 0 spiro atoms. The molecule has 1 fully saturated rings. The van der Waals surface area contributed by atoms with E-state index in [1.54, 1.807) is 18.3 Å². The van der Waals surface area contributed by atoms with Crippen LogP contribution in [0.5, 0.6) is 0 Å². The fraction of sp³-hybridized carbons (Fsp3) is 0.292. The Morgan fingerprint density at radius 3 is 2.63 bits per heavy atom. The predicted molar refractivity (Wildman–Crippen MR) is 117 cm³/mol. The van der Waals surface area contributed by atoms with Gasteiger partial charge in [0.15, 0.2) is 5.82 Å². The Bertz CT molecular complexity index is 1000. The van der Waals surface area contributed by atoms with Crippen LogP contribution in [0.4, 0.5) is 15.9 Å². The number of halogens is 1. The molecule has 6 heteroatoms. The molecule has 0 radical (unpaired) electrons. The van der Waals surface area contributed by atoms with Gasteiger partial charge < -0.3 is 10.2 Å². The van der Waals surface area contributed by atoms with Crippen molar-refractivity contribution in [2.24, 2.45) is 5.92 Å². The number of carbonyl (C=O) groups excluding carboxylic acids is 1. The molecule has 1 atom stereocenters. The first-order valence-corrected chi connectivity index (χ1v) is 10.4. The quantitative estimate of drug-likeness (QED) is 0.670. The van der Waals surface area contributed by atoms with E-state index < -0.39 is 0 Å². The van der Waals surface area contributed by atoms with Gasteiger partial charge in [0.25, 0.3) is 0 Å². The van der Waals surface area contributed by atoms with Gasteiger partial charge in [-0.3, -0.25) is 4.79 Å². The monoisotopic (exact) mass is 404 g/mol. The number of anilines is 2. The van der Waals surface area contributed by atoms with Crippen LogP contribution in [0.1, 0.15) is 25.3 Å². The van der Waals surface area contributed by atoms with Crippen molar-refractivity contribution >= 4 is 17.4 Å². The zero-order valence-electron chi connectivity index (χ0n) is 17.0. The van der Waals surface area contributed by atoms with Gasteiger partial charge in [0, 0.05) is 30.5 Å². The predicted octanol–water partition coefficient (Wildman–Crippen LogP) is 4.70. The summed E-state index contributed by atoms with van der Waals surface area (Å²) in [7, 11) is 0. The minimum absolute atomic E-state index is 0.0387. The number of nitrogens with one attached hydrogen (secondary N) is 1. The van der Waals surface area contributed by atoms with Gasteiger partial charge in [-0.25, -0.2) is 14.4 Å². The molecule has 3 aromatic rings. The molecule has 0 bridgehead atoms. The largest absolute Gasteiger partial charge is 0.356 e. The molecule has 30 heavy (non-hydrogen) atoms. The zero-order valence-corrected chi connectivity index (χ0v) is 17.0. The van der Waals surface area contributed by atoms with Crippen LogP contribution in [-0.2, 0) is 11.2 Å². The fourth-order valence-corrected chi connectivity index (χ4v) is 3.73. The summed E-state index contributed by atoms with van der Waals surface area (Å²) < 4.78 is 13.2. The molecule has 4 rings (SSSR count). The Morgan fingerprint density at radius 2 is 1.90 bits per heavy atom. The number of rotatable bonds is 5. The van der Waals surface area contributed by atoms with E-state index in [1.165, 1.54) is 17.7 Å². The van der Waals surface area contributed by atoms with Crippen LogP contribution in [0.2, 0.25) is 0 Å². The molecule has 0 aliphatic carbocycles. The number of hydrogen-bond donors (Lipinski definition) is 1. The second kappa shape index (κ2) is 9.03. The van der Waals surface area contributed by atoms with Crippen molar-refractivity contribution < 1.29 is 9.18 Å². The van der Waals surface area contributed by atoms with Crippen molar-refractivity contribution in [3.63, 3.8) is 0 Å². The van der Waals surface area contributed by atoms with Crippen molar-refractivity contribution in [2.45, 2.75) is 26.2 Å². The van der Waals surface area contributed by atoms with Gasteiger partial charge in [0.1, 0.15) is 11.6 Å². The van der Waals surface area contributed by atoms with Crippen molar-refractivity contribution in [3.8, 4) is 11.4 Å². The molecular weight excluding hydrogens is 379 g/mol. The first kappa shape index (κ1) is 20.0. The van der Waals surface area contributed by atoms with Crippen LogP contribution >= 0.6 is 0 Å². The van der Waals surface area contributed by atoms with E-state index >= 15 is 0 Å². The maximum absolute atomic E-state index is 13.2. The molecule has 1 saturated heterocycles. The molecule has 2 aromatic carbocycles. The second-order valence-corrected chi connectivity index (χ2v) is 7.57. The first-order chi connectivity index (χ1) is 14.6. The lowest BCUT2D eigenvalue weighted by Crippen LogP contribution is -2.41. The summed E-state index contributed by atoms with van der Waals surface area (Å²) in [5, 5.41) is 3.04. The van der Waals surface area contributed by atoms with Crippen molar-refractivity contribution in [3.05, 3.63) is 72.2 Å². The van der Waals surface area contributed by atoms with Gasteiger partial charge in [-0.2, -0.15) is 0 Å². The average molecular weight is 404 g/mol. The third-order valence-corrected chi connectivity index (χ3v) is 5.49.